The van der Waals surface area contributed by atoms with E-state index in [-0.39, 0.29) is 0 Å². The minimum Gasteiger partial charge on any atom is -0.314 e. The maximum Gasteiger partial charge on any atom is 0.0766 e. The van der Waals surface area contributed by atoms with Crippen LogP contribution < -0.4 is 5.32 Å². The van der Waals surface area contributed by atoms with Crippen molar-refractivity contribution < 1.29 is 0 Å². The van der Waals surface area contributed by atoms with Gasteiger partial charge in [-0.05, 0) is 66.4 Å². The van der Waals surface area contributed by atoms with Crippen LogP contribution in [0.25, 0.3) is 0 Å². The van der Waals surface area contributed by atoms with E-state index in [0.29, 0.717) is 5.92 Å². The van der Waals surface area contributed by atoms with E-state index in [1.54, 1.807) is 0 Å². The largest absolute Gasteiger partial charge is 0.314 e. The number of nitrogens with one attached hydrogen (secondary N) is 1. The van der Waals surface area contributed by atoms with Gasteiger partial charge in [0.05, 0.1) is 15.9 Å². The van der Waals surface area contributed by atoms with Gasteiger partial charge in [-0.15, -0.1) is 0 Å². The molecule has 0 spiro atoms. The summed E-state index contributed by atoms with van der Waals surface area (Å²) in [6.07, 6.45) is 6.11. The summed E-state index contributed by atoms with van der Waals surface area (Å²) in [5.41, 5.74) is 2.53. The highest BCUT2D eigenvalue weighted by Gasteiger charge is 2.24. The fourth-order valence-electron chi connectivity index (χ4n) is 2.84. The molecule has 1 unspecified atom stereocenters. The van der Waals surface area contributed by atoms with Gasteiger partial charge in [0.2, 0.25) is 0 Å². The zero-order valence-electron chi connectivity index (χ0n) is 13.2. The number of aryl methyl sites for hydroxylation is 2. The molecule has 1 aliphatic rings. The van der Waals surface area contributed by atoms with Gasteiger partial charge in [0.25, 0.3) is 0 Å². The molecule has 1 fully saturated rings. The molecule has 0 saturated heterocycles. The Morgan fingerprint density at radius 3 is 2.60 bits per heavy atom. The summed E-state index contributed by atoms with van der Waals surface area (Å²) < 4.78 is 3.29. The minimum atomic E-state index is 0.701. The van der Waals surface area contributed by atoms with Crippen LogP contribution in [0.5, 0.6) is 0 Å². The molecule has 1 aromatic heterocycles. The van der Waals surface area contributed by atoms with E-state index in [1.165, 1.54) is 35.1 Å². The Morgan fingerprint density at radius 2 is 2.10 bits per heavy atom. The first-order valence-electron chi connectivity index (χ1n) is 7.94. The van der Waals surface area contributed by atoms with Gasteiger partial charge in [0.15, 0.2) is 0 Å². The lowest BCUT2D eigenvalue weighted by Crippen LogP contribution is -2.27. The average molecular weight is 342 g/mol. The molecule has 1 aliphatic carbocycles. The van der Waals surface area contributed by atoms with Gasteiger partial charge in [0.1, 0.15) is 0 Å². The Bertz CT molecular complexity index is 435. The third kappa shape index (κ3) is 4.32. The van der Waals surface area contributed by atoms with Crippen LogP contribution in [0.15, 0.2) is 4.47 Å². The first-order chi connectivity index (χ1) is 9.51. The molecular weight excluding hydrogens is 314 g/mol. The first-order valence-corrected chi connectivity index (χ1v) is 8.74. The number of hydrogen-bond donors (Lipinski definition) is 1. The number of aromatic nitrogens is 2. The van der Waals surface area contributed by atoms with Crippen molar-refractivity contribution in [3.8, 4) is 0 Å². The summed E-state index contributed by atoms with van der Waals surface area (Å²) in [6.45, 7) is 7.94. The van der Waals surface area contributed by atoms with E-state index < -0.39 is 0 Å². The summed E-state index contributed by atoms with van der Waals surface area (Å²) in [7, 11) is 2.07. The van der Waals surface area contributed by atoms with Crippen LogP contribution in [0, 0.1) is 11.8 Å². The van der Waals surface area contributed by atoms with E-state index in [4.69, 9.17) is 0 Å². The molecule has 0 aromatic carbocycles. The van der Waals surface area contributed by atoms with Gasteiger partial charge in [-0.25, -0.2) is 0 Å². The molecule has 2 rings (SSSR count). The van der Waals surface area contributed by atoms with Gasteiger partial charge in [-0.1, -0.05) is 20.8 Å². The van der Waals surface area contributed by atoms with E-state index in [0.717, 1.165) is 31.3 Å². The van der Waals surface area contributed by atoms with Gasteiger partial charge < -0.3 is 5.32 Å². The van der Waals surface area contributed by atoms with Crippen LogP contribution in [-0.4, -0.2) is 22.4 Å². The molecule has 1 aromatic rings. The Balaban J connectivity index is 2.02. The van der Waals surface area contributed by atoms with Gasteiger partial charge in [-0.3, -0.25) is 4.68 Å². The average Bonchev–Trinajstić information content (AvgIpc) is 3.17. The predicted molar refractivity (Wildman–Crippen MR) is 88.0 cm³/mol. The lowest BCUT2D eigenvalue weighted by atomic mass is 9.92. The van der Waals surface area contributed by atoms with Crippen LogP contribution in [0.4, 0.5) is 0 Å². The van der Waals surface area contributed by atoms with Crippen molar-refractivity contribution in [3.63, 3.8) is 0 Å². The molecule has 4 heteroatoms. The third-order valence-corrected chi connectivity index (χ3v) is 4.98. The minimum absolute atomic E-state index is 0.701. The van der Waals surface area contributed by atoms with E-state index >= 15 is 0 Å². The number of nitrogens with zero attached hydrogens (tertiary/aromatic N) is 2. The lowest BCUT2D eigenvalue weighted by Gasteiger charge is -2.20. The summed E-state index contributed by atoms with van der Waals surface area (Å²) in [4.78, 5) is 0. The van der Waals surface area contributed by atoms with E-state index in [9.17, 15) is 0 Å². The lowest BCUT2D eigenvalue weighted by molar-refractivity contribution is 0.377. The van der Waals surface area contributed by atoms with Gasteiger partial charge >= 0.3 is 0 Å². The van der Waals surface area contributed by atoms with Gasteiger partial charge in [-0.2, -0.15) is 5.10 Å². The standard InChI is InChI=1S/C16H28BrN3/c1-5-14-16(17)15(20(4)19-14)9-12(8-11(2)3)10-18-13-6-7-13/h11-13,18H,5-10H2,1-4H3. The molecule has 1 saturated carbocycles. The zero-order valence-corrected chi connectivity index (χ0v) is 14.8. The Hall–Kier alpha value is -0.350. The van der Waals surface area contributed by atoms with E-state index in [2.05, 4.69) is 58.8 Å². The second kappa shape index (κ2) is 7.08. The SMILES string of the molecule is CCc1nn(C)c(CC(CNC2CC2)CC(C)C)c1Br. The third-order valence-electron chi connectivity index (χ3n) is 4.06. The molecule has 1 atom stereocenters. The molecule has 20 heavy (non-hydrogen) atoms. The Kier molecular flexibility index (Phi) is 5.67. The molecule has 0 amide bonds. The van der Waals surface area contributed by atoms with Crippen molar-refractivity contribution in [3.05, 3.63) is 15.9 Å². The first kappa shape index (κ1) is 16.0. The highest BCUT2D eigenvalue weighted by atomic mass is 79.9. The Morgan fingerprint density at radius 1 is 1.40 bits per heavy atom. The number of rotatable bonds is 8. The molecular formula is C16H28BrN3. The van der Waals surface area contributed by atoms with E-state index in [1.807, 2.05) is 0 Å². The molecule has 1 N–H and O–H groups in total. The quantitative estimate of drug-likeness (QED) is 0.781. The molecule has 3 nitrogen and oxygen atoms in total. The normalized spacial score (nSPS) is 16.9. The molecule has 0 bridgehead atoms. The highest BCUT2D eigenvalue weighted by Crippen LogP contribution is 2.27. The zero-order chi connectivity index (χ0) is 14.7. The fourth-order valence-corrected chi connectivity index (χ4v) is 3.62. The summed E-state index contributed by atoms with van der Waals surface area (Å²) in [5.74, 6) is 1.45. The molecule has 1 heterocycles. The van der Waals surface area contributed by atoms with Crippen LogP contribution in [0.3, 0.4) is 0 Å². The fraction of sp³-hybridized carbons (Fsp3) is 0.812. The molecule has 0 aliphatic heterocycles. The molecule has 114 valence electrons. The highest BCUT2D eigenvalue weighted by molar-refractivity contribution is 9.10. The van der Waals surface area contributed by atoms with Crippen LogP contribution >= 0.6 is 15.9 Å². The van der Waals surface area contributed by atoms with Crippen molar-refractivity contribution in [2.45, 2.75) is 58.9 Å². The monoisotopic (exact) mass is 341 g/mol. The summed E-state index contributed by atoms with van der Waals surface area (Å²) >= 11 is 3.75. The van der Waals surface area contributed by atoms with Gasteiger partial charge in [0, 0.05) is 13.1 Å². The van der Waals surface area contributed by atoms with Crippen molar-refractivity contribution in [2.24, 2.45) is 18.9 Å². The maximum absolute atomic E-state index is 4.62. The van der Waals surface area contributed by atoms with Crippen molar-refractivity contribution in [1.29, 1.82) is 0 Å². The summed E-state index contributed by atoms with van der Waals surface area (Å²) in [5, 5.41) is 8.31. The van der Waals surface area contributed by atoms with Crippen LogP contribution in [-0.2, 0) is 19.9 Å². The second-order valence-corrected chi connectivity index (χ2v) is 7.36. The van der Waals surface area contributed by atoms with Crippen molar-refractivity contribution in [1.82, 2.24) is 15.1 Å². The van der Waals surface area contributed by atoms with Crippen molar-refractivity contribution >= 4 is 15.9 Å². The molecule has 0 radical (unpaired) electrons. The Labute approximate surface area is 131 Å². The van der Waals surface area contributed by atoms with Crippen LogP contribution in [0.2, 0.25) is 0 Å². The summed E-state index contributed by atoms with van der Waals surface area (Å²) in [6, 6.07) is 0.797. The smallest absolute Gasteiger partial charge is 0.0766 e. The topological polar surface area (TPSA) is 29.9 Å². The van der Waals surface area contributed by atoms with Crippen LogP contribution in [0.1, 0.15) is 51.4 Å². The van der Waals surface area contributed by atoms with Crippen molar-refractivity contribution in [2.75, 3.05) is 6.54 Å². The number of halogens is 1. The number of hydrogen-bond acceptors (Lipinski definition) is 2. The predicted octanol–water partition coefficient (Wildman–Crippen LogP) is 3.70. The maximum atomic E-state index is 4.62. The second-order valence-electron chi connectivity index (χ2n) is 6.57.